The molecule has 19 heavy (non-hydrogen) atoms. The summed E-state index contributed by atoms with van der Waals surface area (Å²) in [5.74, 6) is -1.21. The zero-order valence-corrected chi connectivity index (χ0v) is 11.1. The van der Waals surface area contributed by atoms with Crippen molar-refractivity contribution in [2.75, 3.05) is 5.75 Å². The number of aliphatic carboxylic acids is 1. The summed E-state index contributed by atoms with van der Waals surface area (Å²) in [7, 11) is 0. The summed E-state index contributed by atoms with van der Waals surface area (Å²) in [6.07, 6.45) is 3.40. The van der Waals surface area contributed by atoms with E-state index in [2.05, 4.69) is 4.98 Å². The maximum Gasteiger partial charge on any atom is 0.327 e. The number of amides is 1. The molecule has 6 nitrogen and oxygen atoms in total. The van der Waals surface area contributed by atoms with Crippen LogP contribution < -0.4 is 5.43 Å². The molecule has 2 unspecified atom stereocenters. The van der Waals surface area contributed by atoms with Crippen molar-refractivity contribution in [2.24, 2.45) is 0 Å². The highest BCUT2D eigenvalue weighted by Gasteiger charge is 2.41. The zero-order chi connectivity index (χ0) is 14.0. The molecule has 0 spiro atoms. The summed E-state index contributed by atoms with van der Waals surface area (Å²) in [6.45, 7) is 1.89. The first-order valence-electron chi connectivity index (χ1n) is 5.90. The topological polar surface area (TPSA) is 90.5 Å². The Balaban J connectivity index is 2.37. The lowest BCUT2D eigenvalue weighted by molar-refractivity contribution is -0.141. The van der Waals surface area contributed by atoms with Crippen LogP contribution in [0.2, 0.25) is 0 Å². The van der Waals surface area contributed by atoms with Gasteiger partial charge in [0.05, 0.1) is 5.37 Å². The van der Waals surface area contributed by atoms with Crippen LogP contribution in [0.1, 0.15) is 23.7 Å². The number of pyridine rings is 1. The normalized spacial score (nSPS) is 22.5. The number of thioether (sulfide) groups is 1. The minimum absolute atomic E-state index is 0.0188. The van der Waals surface area contributed by atoms with Crippen molar-refractivity contribution in [2.45, 2.75) is 24.8 Å². The molecule has 0 radical (unpaired) electrons. The van der Waals surface area contributed by atoms with Gasteiger partial charge >= 0.3 is 5.97 Å². The van der Waals surface area contributed by atoms with Gasteiger partial charge in [0.25, 0.3) is 5.91 Å². The first-order valence-corrected chi connectivity index (χ1v) is 6.95. The molecule has 2 rings (SSSR count). The van der Waals surface area contributed by atoms with E-state index in [0.29, 0.717) is 12.2 Å². The maximum atomic E-state index is 12.4. The minimum atomic E-state index is -1.04. The SMILES string of the molecule is CCC1SCC(C(=O)O)N1C(=O)c1c[nH]ccc1=O. The molecule has 2 atom stereocenters. The van der Waals surface area contributed by atoms with Gasteiger partial charge in [-0.05, 0) is 6.42 Å². The molecule has 2 N–H and O–H groups in total. The first-order chi connectivity index (χ1) is 9.06. The summed E-state index contributed by atoms with van der Waals surface area (Å²) in [6, 6.07) is 0.384. The molecule has 102 valence electrons. The third kappa shape index (κ3) is 2.51. The fourth-order valence-corrected chi connectivity index (χ4v) is 3.41. The molecule has 1 saturated heterocycles. The predicted octanol–water partition coefficient (Wildman–Crippen LogP) is 0.753. The van der Waals surface area contributed by atoms with E-state index in [4.69, 9.17) is 5.11 Å². The molecule has 7 heteroatoms. The number of aromatic amines is 1. The van der Waals surface area contributed by atoms with E-state index in [9.17, 15) is 14.4 Å². The fourth-order valence-electron chi connectivity index (χ4n) is 2.06. The quantitative estimate of drug-likeness (QED) is 0.854. The molecule has 1 aliphatic rings. The number of carboxylic acids is 1. The van der Waals surface area contributed by atoms with Gasteiger partial charge in [0.1, 0.15) is 11.6 Å². The van der Waals surface area contributed by atoms with E-state index in [1.165, 1.54) is 35.1 Å². The standard InChI is InChI=1S/C12H14N2O4S/c1-2-10-14(8(6-19-10)12(17)18)11(16)7-5-13-4-3-9(7)15/h3-5,8,10H,2,6H2,1H3,(H,13,15)(H,17,18). The van der Waals surface area contributed by atoms with Gasteiger partial charge in [-0.3, -0.25) is 9.59 Å². The van der Waals surface area contributed by atoms with Crippen LogP contribution in [0.25, 0.3) is 0 Å². The minimum Gasteiger partial charge on any atom is -0.480 e. The number of aromatic nitrogens is 1. The van der Waals surface area contributed by atoms with E-state index in [1.54, 1.807) is 0 Å². The van der Waals surface area contributed by atoms with Gasteiger partial charge in [0.15, 0.2) is 5.43 Å². The predicted molar refractivity (Wildman–Crippen MR) is 71.2 cm³/mol. The van der Waals surface area contributed by atoms with E-state index >= 15 is 0 Å². The van der Waals surface area contributed by atoms with Crippen LogP contribution in [0.15, 0.2) is 23.3 Å². The van der Waals surface area contributed by atoms with Gasteiger partial charge < -0.3 is 15.0 Å². The fraction of sp³-hybridized carbons (Fsp3) is 0.417. The number of hydrogen-bond donors (Lipinski definition) is 2. The molecular weight excluding hydrogens is 268 g/mol. The van der Waals surface area contributed by atoms with Crippen LogP contribution in [-0.2, 0) is 4.79 Å². The van der Waals surface area contributed by atoms with Crippen molar-refractivity contribution < 1.29 is 14.7 Å². The van der Waals surface area contributed by atoms with E-state index in [-0.39, 0.29) is 10.9 Å². The summed E-state index contributed by atoms with van der Waals surface area (Å²) in [4.78, 5) is 39.2. The van der Waals surface area contributed by atoms with Crippen LogP contribution in [0, 0.1) is 0 Å². The summed E-state index contributed by atoms with van der Waals surface area (Å²) >= 11 is 1.43. The van der Waals surface area contributed by atoms with Crippen molar-refractivity contribution >= 4 is 23.6 Å². The Hall–Kier alpha value is -1.76. The summed E-state index contributed by atoms with van der Waals surface area (Å²) in [5.41, 5.74) is -0.422. The number of nitrogens with zero attached hydrogens (tertiary/aromatic N) is 1. The van der Waals surface area contributed by atoms with Gasteiger partial charge in [0.2, 0.25) is 0 Å². The van der Waals surface area contributed by atoms with Gasteiger partial charge in [0, 0.05) is 24.2 Å². The average Bonchev–Trinajstić information content (AvgIpc) is 2.82. The van der Waals surface area contributed by atoms with E-state index in [0.717, 1.165) is 0 Å². The van der Waals surface area contributed by atoms with Gasteiger partial charge in [-0.15, -0.1) is 11.8 Å². The van der Waals surface area contributed by atoms with Crippen LogP contribution >= 0.6 is 11.8 Å². The van der Waals surface area contributed by atoms with Crippen molar-refractivity contribution in [3.63, 3.8) is 0 Å². The Labute approximate surface area is 113 Å². The third-order valence-electron chi connectivity index (χ3n) is 3.02. The summed E-state index contributed by atoms with van der Waals surface area (Å²) in [5, 5.41) is 8.97. The molecule has 1 amide bonds. The second-order valence-corrected chi connectivity index (χ2v) is 5.40. The van der Waals surface area contributed by atoms with Gasteiger partial charge in [-0.1, -0.05) is 6.92 Å². The van der Waals surface area contributed by atoms with Crippen molar-refractivity contribution in [1.82, 2.24) is 9.88 Å². The molecule has 1 aromatic rings. The monoisotopic (exact) mass is 282 g/mol. The first kappa shape index (κ1) is 13.7. The highest BCUT2D eigenvalue weighted by Crippen LogP contribution is 2.32. The van der Waals surface area contributed by atoms with Gasteiger partial charge in [-0.25, -0.2) is 4.79 Å². The summed E-state index contributed by atoms with van der Waals surface area (Å²) < 4.78 is 0. The lowest BCUT2D eigenvalue weighted by Crippen LogP contribution is -2.46. The molecular formula is C12H14N2O4S. The van der Waals surface area contributed by atoms with Crippen molar-refractivity contribution in [1.29, 1.82) is 0 Å². The smallest absolute Gasteiger partial charge is 0.327 e. The highest BCUT2D eigenvalue weighted by molar-refractivity contribution is 8.00. The van der Waals surface area contributed by atoms with Crippen LogP contribution in [-0.4, -0.2) is 44.0 Å². The Morgan fingerprint density at radius 2 is 2.32 bits per heavy atom. The second kappa shape index (κ2) is 5.48. The number of rotatable bonds is 3. The van der Waals surface area contributed by atoms with Crippen molar-refractivity contribution in [3.05, 3.63) is 34.2 Å². The Bertz CT molecular complexity index is 557. The second-order valence-electron chi connectivity index (χ2n) is 4.18. The maximum absolute atomic E-state index is 12.4. The molecule has 0 saturated carbocycles. The molecule has 2 heterocycles. The number of hydrogen-bond acceptors (Lipinski definition) is 4. The lowest BCUT2D eigenvalue weighted by atomic mass is 10.2. The number of carbonyl (C=O) groups is 2. The highest BCUT2D eigenvalue weighted by atomic mass is 32.2. The van der Waals surface area contributed by atoms with Crippen LogP contribution in [0.5, 0.6) is 0 Å². The van der Waals surface area contributed by atoms with E-state index in [1.807, 2.05) is 6.92 Å². The number of H-pyrrole nitrogens is 1. The Morgan fingerprint density at radius 1 is 1.58 bits per heavy atom. The van der Waals surface area contributed by atoms with Crippen LogP contribution in [0.4, 0.5) is 0 Å². The number of carbonyl (C=O) groups excluding carboxylic acids is 1. The number of carboxylic acid groups (broad SMARTS) is 1. The molecule has 1 aliphatic heterocycles. The largest absolute Gasteiger partial charge is 0.480 e. The average molecular weight is 282 g/mol. The Kier molecular flexibility index (Phi) is 3.94. The Morgan fingerprint density at radius 3 is 2.89 bits per heavy atom. The molecule has 0 aliphatic carbocycles. The molecule has 1 fully saturated rings. The van der Waals surface area contributed by atoms with Crippen molar-refractivity contribution in [3.8, 4) is 0 Å². The lowest BCUT2D eigenvalue weighted by Gasteiger charge is -2.26. The molecule has 0 aromatic carbocycles. The van der Waals surface area contributed by atoms with E-state index < -0.39 is 23.3 Å². The third-order valence-corrected chi connectivity index (χ3v) is 4.47. The zero-order valence-electron chi connectivity index (χ0n) is 10.3. The number of nitrogens with one attached hydrogen (secondary N) is 1. The molecule has 1 aromatic heterocycles. The molecule has 0 bridgehead atoms. The van der Waals surface area contributed by atoms with Crippen LogP contribution in [0.3, 0.4) is 0 Å². The van der Waals surface area contributed by atoms with Gasteiger partial charge in [-0.2, -0.15) is 0 Å².